The van der Waals surface area contributed by atoms with Crippen molar-refractivity contribution in [2.75, 3.05) is 5.73 Å². The Kier molecular flexibility index (Phi) is 3.34. The van der Waals surface area contributed by atoms with E-state index in [0.717, 1.165) is 34.6 Å². The molecule has 4 aromatic rings. The molecule has 0 saturated carbocycles. The van der Waals surface area contributed by atoms with Crippen LogP contribution in [0.5, 0.6) is 0 Å². The maximum atomic E-state index is 5.78. The summed E-state index contributed by atoms with van der Waals surface area (Å²) >= 11 is 0. The first kappa shape index (κ1) is 14.5. The number of aromatic nitrogens is 4. The average molecular weight is 317 g/mol. The van der Waals surface area contributed by atoms with Crippen LogP contribution in [0.1, 0.15) is 12.6 Å². The van der Waals surface area contributed by atoms with Gasteiger partial charge in [0.05, 0.1) is 23.1 Å². The highest BCUT2D eigenvalue weighted by Gasteiger charge is 2.12. The van der Waals surface area contributed by atoms with E-state index in [9.17, 15) is 0 Å². The zero-order valence-corrected chi connectivity index (χ0v) is 13.8. The molecule has 0 aliphatic carbocycles. The van der Waals surface area contributed by atoms with Crippen LogP contribution < -0.4 is 5.73 Å². The highest BCUT2D eigenvalue weighted by Crippen LogP contribution is 2.27. The second kappa shape index (κ2) is 5.53. The SMILES string of the molecule is CCc1c2ccc(-c3ccnn3-c3ccc(N)cc3)cc2nn1C. The molecule has 2 aromatic carbocycles. The molecular weight excluding hydrogens is 298 g/mol. The van der Waals surface area contributed by atoms with E-state index in [0.29, 0.717) is 0 Å². The molecule has 0 spiro atoms. The zero-order chi connectivity index (χ0) is 16.7. The van der Waals surface area contributed by atoms with Gasteiger partial charge >= 0.3 is 0 Å². The zero-order valence-electron chi connectivity index (χ0n) is 13.8. The lowest BCUT2D eigenvalue weighted by Crippen LogP contribution is -1.99. The number of nitrogens with zero attached hydrogens (tertiary/aromatic N) is 4. The molecule has 0 aliphatic rings. The van der Waals surface area contributed by atoms with Gasteiger partial charge in [0.1, 0.15) is 0 Å². The molecule has 0 atom stereocenters. The minimum absolute atomic E-state index is 0.745. The largest absolute Gasteiger partial charge is 0.399 e. The first-order valence-corrected chi connectivity index (χ1v) is 8.03. The molecule has 0 fully saturated rings. The maximum Gasteiger partial charge on any atom is 0.0932 e. The topological polar surface area (TPSA) is 61.7 Å². The third kappa shape index (κ3) is 2.25. The van der Waals surface area contributed by atoms with E-state index in [1.807, 2.05) is 52.9 Å². The molecule has 0 aliphatic heterocycles. The van der Waals surface area contributed by atoms with Gasteiger partial charge < -0.3 is 5.73 Å². The fourth-order valence-corrected chi connectivity index (χ4v) is 3.18. The van der Waals surface area contributed by atoms with Gasteiger partial charge in [-0.05, 0) is 42.8 Å². The number of rotatable bonds is 3. The van der Waals surface area contributed by atoms with Crippen LogP contribution in [0.3, 0.4) is 0 Å². The highest BCUT2D eigenvalue weighted by molar-refractivity contribution is 5.86. The molecule has 2 N–H and O–H groups in total. The Morgan fingerprint density at radius 1 is 1.04 bits per heavy atom. The Bertz CT molecular complexity index is 1010. The molecule has 2 heterocycles. The van der Waals surface area contributed by atoms with E-state index in [2.05, 4.69) is 35.3 Å². The Labute approximate surface area is 140 Å². The number of hydrogen-bond acceptors (Lipinski definition) is 3. The van der Waals surface area contributed by atoms with Crippen molar-refractivity contribution in [3.8, 4) is 16.9 Å². The van der Waals surface area contributed by atoms with Crippen LogP contribution >= 0.6 is 0 Å². The lowest BCUT2D eigenvalue weighted by molar-refractivity contribution is 0.728. The number of fused-ring (bicyclic) bond motifs is 1. The quantitative estimate of drug-likeness (QED) is 0.588. The molecule has 0 radical (unpaired) electrons. The van der Waals surface area contributed by atoms with Crippen molar-refractivity contribution in [1.29, 1.82) is 0 Å². The van der Waals surface area contributed by atoms with Crippen LogP contribution in [-0.4, -0.2) is 19.6 Å². The van der Waals surface area contributed by atoms with Crippen LogP contribution in [-0.2, 0) is 13.5 Å². The highest BCUT2D eigenvalue weighted by atomic mass is 15.3. The van der Waals surface area contributed by atoms with E-state index in [1.54, 1.807) is 0 Å². The van der Waals surface area contributed by atoms with Gasteiger partial charge in [0.25, 0.3) is 0 Å². The molecular formula is C19H19N5. The summed E-state index contributed by atoms with van der Waals surface area (Å²) in [7, 11) is 2.00. The van der Waals surface area contributed by atoms with Gasteiger partial charge in [-0.1, -0.05) is 19.1 Å². The van der Waals surface area contributed by atoms with Gasteiger partial charge in [-0.15, -0.1) is 0 Å². The molecule has 0 amide bonds. The number of hydrogen-bond donors (Lipinski definition) is 1. The molecule has 5 nitrogen and oxygen atoms in total. The predicted octanol–water partition coefficient (Wildman–Crippen LogP) is 3.57. The van der Waals surface area contributed by atoms with Crippen LogP contribution in [0.2, 0.25) is 0 Å². The smallest absolute Gasteiger partial charge is 0.0932 e. The fourth-order valence-electron chi connectivity index (χ4n) is 3.18. The van der Waals surface area contributed by atoms with Gasteiger partial charge in [-0.25, -0.2) is 4.68 Å². The van der Waals surface area contributed by atoms with Gasteiger partial charge in [-0.2, -0.15) is 10.2 Å². The monoisotopic (exact) mass is 317 g/mol. The lowest BCUT2D eigenvalue weighted by Gasteiger charge is -2.08. The Hall–Kier alpha value is -3.08. The van der Waals surface area contributed by atoms with Crippen molar-refractivity contribution in [1.82, 2.24) is 19.6 Å². The first-order valence-electron chi connectivity index (χ1n) is 8.03. The molecule has 5 heteroatoms. The summed E-state index contributed by atoms with van der Waals surface area (Å²) in [5.74, 6) is 0. The van der Waals surface area contributed by atoms with Gasteiger partial charge in [0.2, 0.25) is 0 Å². The Balaban J connectivity index is 1.84. The molecule has 24 heavy (non-hydrogen) atoms. The van der Waals surface area contributed by atoms with Crippen molar-refractivity contribution in [3.63, 3.8) is 0 Å². The summed E-state index contributed by atoms with van der Waals surface area (Å²) in [4.78, 5) is 0. The van der Waals surface area contributed by atoms with Crippen LogP contribution in [0.4, 0.5) is 5.69 Å². The lowest BCUT2D eigenvalue weighted by atomic mass is 10.1. The van der Waals surface area contributed by atoms with Crippen molar-refractivity contribution in [2.24, 2.45) is 7.05 Å². The molecule has 2 aromatic heterocycles. The van der Waals surface area contributed by atoms with Crippen LogP contribution in [0, 0.1) is 0 Å². The van der Waals surface area contributed by atoms with E-state index >= 15 is 0 Å². The van der Waals surface area contributed by atoms with E-state index < -0.39 is 0 Å². The molecule has 0 unspecified atom stereocenters. The third-order valence-corrected chi connectivity index (χ3v) is 4.37. The van der Waals surface area contributed by atoms with Crippen molar-refractivity contribution < 1.29 is 0 Å². The summed E-state index contributed by atoms with van der Waals surface area (Å²) in [6.07, 6.45) is 2.78. The van der Waals surface area contributed by atoms with Crippen molar-refractivity contribution in [3.05, 3.63) is 60.4 Å². The van der Waals surface area contributed by atoms with E-state index in [4.69, 9.17) is 5.73 Å². The third-order valence-electron chi connectivity index (χ3n) is 4.37. The molecule has 0 bridgehead atoms. The molecule has 4 rings (SSSR count). The predicted molar refractivity (Wildman–Crippen MR) is 97.1 cm³/mol. The Morgan fingerprint density at radius 3 is 2.58 bits per heavy atom. The van der Waals surface area contributed by atoms with E-state index in [1.165, 1.54) is 11.1 Å². The number of nitrogens with two attached hydrogens (primary N) is 1. The summed E-state index contributed by atoms with van der Waals surface area (Å²) in [5.41, 5.74) is 11.9. The summed E-state index contributed by atoms with van der Waals surface area (Å²) in [6, 6.07) is 16.1. The Morgan fingerprint density at radius 2 is 1.83 bits per heavy atom. The van der Waals surface area contributed by atoms with Crippen LogP contribution in [0.25, 0.3) is 27.8 Å². The number of anilines is 1. The second-order valence-electron chi connectivity index (χ2n) is 5.88. The average Bonchev–Trinajstić information content (AvgIpc) is 3.18. The molecule has 0 saturated heterocycles. The standard InChI is InChI=1S/C19H19N5/c1-3-18-16-9-4-13(12-17(16)22-23(18)2)19-10-11-21-24(19)15-7-5-14(20)6-8-15/h4-12H,3,20H2,1-2H3. The molecule has 120 valence electrons. The van der Waals surface area contributed by atoms with Crippen LogP contribution in [0.15, 0.2) is 54.7 Å². The fraction of sp³-hybridized carbons (Fsp3) is 0.158. The summed E-state index contributed by atoms with van der Waals surface area (Å²) in [6.45, 7) is 2.15. The van der Waals surface area contributed by atoms with Gasteiger partial charge in [-0.3, -0.25) is 4.68 Å². The normalized spacial score (nSPS) is 11.2. The number of benzene rings is 2. The second-order valence-corrected chi connectivity index (χ2v) is 5.88. The van der Waals surface area contributed by atoms with Gasteiger partial charge in [0, 0.05) is 29.4 Å². The van der Waals surface area contributed by atoms with Crippen molar-refractivity contribution in [2.45, 2.75) is 13.3 Å². The summed E-state index contributed by atoms with van der Waals surface area (Å²) < 4.78 is 3.88. The number of nitrogen functional groups attached to an aromatic ring is 1. The van der Waals surface area contributed by atoms with Crippen molar-refractivity contribution >= 4 is 16.6 Å². The maximum absolute atomic E-state index is 5.78. The summed E-state index contributed by atoms with van der Waals surface area (Å²) in [5, 5.41) is 10.3. The van der Waals surface area contributed by atoms with E-state index in [-0.39, 0.29) is 0 Å². The number of aryl methyl sites for hydroxylation is 2. The minimum atomic E-state index is 0.745. The first-order chi connectivity index (χ1) is 11.7. The van der Waals surface area contributed by atoms with Gasteiger partial charge in [0.15, 0.2) is 0 Å². The minimum Gasteiger partial charge on any atom is -0.399 e.